The summed E-state index contributed by atoms with van der Waals surface area (Å²) in [5.74, 6) is -0.626. The summed E-state index contributed by atoms with van der Waals surface area (Å²) in [6, 6.07) is 0. The first kappa shape index (κ1) is 22.6. The molecule has 0 saturated carbocycles. The highest BCUT2D eigenvalue weighted by atomic mass is 31.1. The molecule has 0 aliphatic rings. The Balaban J connectivity index is 0. The van der Waals surface area contributed by atoms with E-state index in [0.717, 1.165) is 6.08 Å². The van der Waals surface area contributed by atoms with Gasteiger partial charge in [-0.2, -0.15) is 0 Å². The first-order valence-electron chi connectivity index (χ1n) is 6.54. The summed E-state index contributed by atoms with van der Waals surface area (Å²) < 4.78 is 20.7. The predicted molar refractivity (Wildman–Crippen MR) is 89.3 cm³/mol. The van der Waals surface area contributed by atoms with Gasteiger partial charge < -0.3 is 14.6 Å². The molecule has 0 bridgehead atoms. The van der Waals surface area contributed by atoms with Crippen LogP contribution in [0.1, 0.15) is 20.8 Å². The second-order valence-corrected chi connectivity index (χ2v) is 6.38. The molecule has 1 amide bonds. The molecule has 22 heavy (non-hydrogen) atoms. The summed E-state index contributed by atoms with van der Waals surface area (Å²) >= 11 is 0. The molecule has 0 aromatic heterocycles. The average molecular weight is 331 g/mol. The topological polar surface area (TPSA) is 81.7 Å². The van der Waals surface area contributed by atoms with Crippen LogP contribution in [0, 0.1) is 0 Å². The Morgan fingerprint density at radius 2 is 1.86 bits per heavy atom. The highest BCUT2D eigenvalue weighted by Gasteiger charge is 2.23. The molecular formula is C15H26NO5P. The zero-order chi connectivity index (χ0) is 17.8. The van der Waals surface area contributed by atoms with E-state index < -0.39 is 19.5 Å². The second kappa shape index (κ2) is 12.0. The molecule has 0 heterocycles. The number of amides is 1. The zero-order valence-electron chi connectivity index (χ0n) is 13.7. The maximum atomic E-state index is 11.5. The zero-order valence-corrected chi connectivity index (χ0v) is 14.7. The van der Waals surface area contributed by atoms with Crippen molar-refractivity contribution in [3.8, 4) is 0 Å². The second-order valence-electron chi connectivity index (χ2n) is 4.99. The quantitative estimate of drug-likeness (QED) is 0.320. The fraction of sp³-hybridized carbons (Fsp3) is 0.467. The minimum Gasteiger partial charge on any atom is -0.466 e. The lowest BCUT2D eigenvalue weighted by atomic mass is 10.1. The number of ether oxygens (including phenoxy) is 1. The molecule has 0 radical (unpaired) electrons. The normalized spacial score (nSPS) is 11.3. The molecule has 0 aromatic carbocycles. The fourth-order valence-corrected chi connectivity index (χ4v) is 2.32. The van der Waals surface area contributed by atoms with Crippen molar-refractivity contribution in [2.75, 3.05) is 19.9 Å². The van der Waals surface area contributed by atoms with Gasteiger partial charge >= 0.3 is 5.97 Å². The summed E-state index contributed by atoms with van der Waals surface area (Å²) in [4.78, 5) is 21.2. The van der Waals surface area contributed by atoms with Crippen LogP contribution < -0.4 is 5.32 Å². The number of hydrogen-bond acceptors (Lipinski definition) is 5. The molecule has 1 N–H and O–H groups in total. The number of nitrogens with one attached hydrogen (secondary N) is 1. The number of carbonyl (C=O) groups excluding carboxylic acids is 2. The number of hydrogen-bond donors (Lipinski definition) is 1. The van der Waals surface area contributed by atoms with Crippen molar-refractivity contribution in [3.63, 3.8) is 0 Å². The number of esters is 1. The molecule has 7 heteroatoms. The molecule has 0 aliphatic heterocycles. The van der Waals surface area contributed by atoms with Crippen LogP contribution in [0.15, 0.2) is 37.5 Å². The Labute approximate surface area is 133 Å². The lowest BCUT2D eigenvalue weighted by Gasteiger charge is -2.25. The van der Waals surface area contributed by atoms with Gasteiger partial charge in [-0.05, 0) is 20.8 Å². The maximum Gasteiger partial charge on any atom is 0.329 e. The van der Waals surface area contributed by atoms with E-state index in [9.17, 15) is 14.2 Å². The lowest BCUT2D eigenvalue weighted by Crippen LogP contribution is -2.45. The number of carbonyl (C=O) groups is 2. The third-order valence-corrected chi connectivity index (χ3v) is 3.82. The third kappa shape index (κ3) is 13.3. The first-order valence-corrected chi connectivity index (χ1v) is 8.07. The van der Waals surface area contributed by atoms with E-state index in [2.05, 4.69) is 29.8 Å². The Morgan fingerprint density at radius 3 is 2.18 bits per heavy atom. The summed E-state index contributed by atoms with van der Waals surface area (Å²) in [5, 5.41) is 2.74. The summed E-state index contributed by atoms with van der Waals surface area (Å²) in [5.41, 5.74) is -0.132. The smallest absolute Gasteiger partial charge is 0.329 e. The average Bonchev–Trinajstić information content (AvgIpc) is 2.43. The Morgan fingerprint density at radius 1 is 1.32 bits per heavy atom. The van der Waals surface area contributed by atoms with Crippen LogP contribution in [0.4, 0.5) is 0 Å². The van der Waals surface area contributed by atoms with Crippen molar-refractivity contribution < 1.29 is 23.4 Å². The minimum atomic E-state index is -2.15. The van der Waals surface area contributed by atoms with Gasteiger partial charge in [0.1, 0.15) is 0 Å². The molecule has 0 saturated heterocycles. The van der Waals surface area contributed by atoms with Gasteiger partial charge in [-0.3, -0.25) is 9.36 Å². The van der Waals surface area contributed by atoms with Crippen LogP contribution in [0.2, 0.25) is 0 Å². The lowest BCUT2D eigenvalue weighted by molar-refractivity contribution is -0.134. The Bertz CT molecular complexity index is 443. The highest BCUT2D eigenvalue weighted by molar-refractivity contribution is 7.39. The maximum absolute atomic E-state index is 11.5. The third-order valence-electron chi connectivity index (χ3n) is 2.16. The van der Waals surface area contributed by atoms with E-state index in [1.54, 1.807) is 26.8 Å². The molecule has 0 spiro atoms. The van der Waals surface area contributed by atoms with Crippen LogP contribution in [-0.4, -0.2) is 37.3 Å². The van der Waals surface area contributed by atoms with Crippen LogP contribution >= 0.6 is 8.03 Å². The SMILES string of the molecule is C=CC(=O)OC.C=CCO[PH](=O)CC(C)(C)NC(=O)C(=C)C. The van der Waals surface area contributed by atoms with Gasteiger partial charge in [0.25, 0.3) is 0 Å². The van der Waals surface area contributed by atoms with Crippen molar-refractivity contribution in [1.82, 2.24) is 5.32 Å². The van der Waals surface area contributed by atoms with Crippen LogP contribution in [-0.2, 0) is 23.4 Å². The standard InChI is InChI=1S/C11H20NO3P.C4H6O2/c1-6-7-15-16(14)8-11(4,5)12-10(13)9(2)3;1-3-4(5)6-2/h6,16H,1-2,7-8H2,3-5H3,(H,12,13);3H,1H2,2H3. The molecule has 126 valence electrons. The Hall–Kier alpha value is -1.65. The molecule has 0 rings (SSSR count). The monoisotopic (exact) mass is 331 g/mol. The van der Waals surface area contributed by atoms with E-state index in [1.165, 1.54) is 7.11 Å². The van der Waals surface area contributed by atoms with Gasteiger partial charge in [0.2, 0.25) is 5.91 Å². The Kier molecular flexibility index (Phi) is 12.3. The largest absolute Gasteiger partial charge is 0.466 e. The van der Waals surface area contributed by atoms with Gasteiger partial charge in [-0.1, -0.05) is 19.2 Å². The van der Waals surface area contributed by atoms with Crippen molar-refractivity contribution >= 4 is 19.9 Å². The van der Waals surface area contributed by atoms with Crippen LogP contribution in [0.5, 0.6) is 0 Å². The number of rotatable bonds is 8. The predicted octanol–water partition coefficient (Wildman–Crippen LogP) is 2.48. The van der Waals surface area contributed by atoms with E-state index in [4.69, 9.17) is 4.52 Å². The van der Waals surface area contributed by atoms with Gasteiger partial charge in [0.15, 0.2) is 8.03 Å². The van der Waals surface area contributed by atoms with Crippen molar-refractivity contribution in [1.29, 1.82) is 0 Å². The van der Waals surface area contributed by atoms with Crippen molar-refractivity contribution in [2.45, 2.75) is 26.3 Å². The molecule has 1 atom stereocenters. The van der Waals surface area contributed by atoms with Gasteiger partial charge in [0, 0.05) is 23.3 Å². The van der Waals surface area contributed by atoms with E-state index in [-0.39, 0.29) is 12.5 Å². The number of methoxy groups -OCH3 is 1. The van der Waals surface area contributed by atoms with E-state index in [1.807, 2.05) is 0 Å². The summed E-state index contributed by atoms with van der Waals surface area (Å²) in [6.07, 6.45) is 2.95. The van der Waals surface area contributed by atoms with Crippen molar-refractivity contribution in [3.05, 3.63) is 37.5 Å². The van der Waals surface area contributed by atoms with Crippen molar-refractivity contribution in [2.24, 2.45) is 0 Å². The van der Waals surface area contributed by atoms with Crippen LogP contribution in [0.3, 0.4) is 0 Å². The molecular weight excluding hydrogens is 305 g/mol. The van der Waals surface area contributed by atoms with E-state index >= 15 is 0 Å². The minimum absolute atomic E-state index is 0.233. The summed E-state index contributed by atoms with van der Waals surface area (Å²) in [7, 11) is -0.836. The van der Waals surface area contributed by atoms with Gasteiger partial charge in [0.05, 0.1) is 13.7 Å². The first-order chi connectivity index (χ1) is 10.1. The highest BCUT2D eigenvalue weighted by Crippen LogP contribution is 2.27. The molecule has 6 nitrogen and oxygen atoms in total. The fourth-order valence-electron chi connectivity index (χ4n) is 1.11. The molecule has 0 fully saturated rings. The molecule has 0 aliphatic carbocycles. The van der Waals surface area contributed by atoms with Gasteiger partial charge in [-0.25, -0.2) is 4.79 Å². The molecule has 0 aromatic rings. The van der Waals surface area contributed by atoms with Gasteiger partial charge in [-0.15, -0.1) is 6.58 Å². The molecule has 1 unspecified atom stereocenters. The summed E-state index contributed by atoms with van der Waals surface area (Å²) in [6.45, 7) is 15.7. The van der Waals surface area contributed by atoms with E-state index in [0.29, 0.717) is 11.7 Å². The van der Waals surface area contributed by atoms with Crippen LogP contribution in [0.25, 0.3) is 0 Å².